The molecule has 2 heterocycles. The zero-order valence-electron chi connectivity index (χ0n) is 28.5. The Hall–Kier alpha value is -4.66. The number of aliphatic hydroxyl groups is 1. The number of carboxylic acid groups (broad SMARTS) is 1. The van der Waals surface area contributed by atoms with Gasteiger partial charge in [0, 0.05) is 62.3 Å². The molecule has 1 saturated heterocycles. The Kier molecular flexibility index (Phi) is 13.1. The summed E-state index contributed by atoms with van der Waals surface area (Å²) in [5.41, 5.74) is 7.23. The summed E-state index contributed by atoms with van der Waals surface area (Å²) in [5, 5.41) is 31.6. The molecule has 1 unspecified atom stereocenters. The highest BCUT2D eigenvalue weighted by molar-refractivity contribution is 6.32. The Morgan fingerprint density at radius 3 is 2.54 bits per heavy atom. The smallest absolute Gasteiger partial charge is 0.304 e. The van der Waals surface area contributed by atoms with Crippen molar-refractivity contribution in [1.29, 1.82) is 5.26 Å². The summed E-state index contributed by atoms with van der Waals surface area (Å²) in [5.74, 6) is 0.935. The average molecular weight is 699 g/mol. The van der Waals surface area contributed by atoms with Crippen LogP contribution in [0.1, 0.15) is 52.6 Å². The van der Waals surface area contributed by atoms with Gasteiger partial charge >= 0.3 is 5.97 Å². The number of aromatic nitrogens is 1. The number of hydrogen-bond acceptors (Lipinski definition) is 9. The molecule has 3 N–H and O–H groups in total. The number of carbonyl (C=O) groups is 1. The average Bonchev–Trinajstić information content (AvgIpc) is 3.53. The van der Waals surface area contributed by atoms with Crippen molar-refractivity contribution in [2.45, 2.75) is 59.0 Å². The second kappa shape index (κ2) is 17.8. The van der Waals surface area contributed by atoms with Crippen molar-refractivity contribution >= 4 is 17.6 Å². The minimum atomic E-state index is -0.887. The zero-order valence-corrected chi connectivity index (χ0v) is 29.2. The third-order valence-electron chi connectivity index (χ3n) is 8.79. The second-order valence-corrected chi connectivity index (χ2v) is 12.9. The molecule has 1 aliphatic rings. The highest BCUT2D eigenvalue weighted by atomic mass is 35.5. The minimum Gasteiger partial charge on any atom is -0.493 e. The maximum absolute atomic E-state index is 11.0. The molecule has 0 amide bonds. The van der Waals surface area contributed by atoms with Gasteiger partial charge in [-0.1, -0.05) is 41.9 Å². The van der Waals surface area contributed by atoms with E-state index in [1.165, 1.54) is 6.20 Å². The summed E-state index contributed by atoms with van der Waals surface area (Å²) in [6, 6.07) is 19.6. The van der Waals surface area contributed by atoms with Crippen molar-refractivity contribution in [3.8, 4) is 34.4 Å². The van der Waals surface area contributed by atoms with E-state index in [2.05, 4.69) is 47.3 Å². The van der Waals surface area contributed by atoms with Gasteiger partial charge in [0.1, 0.15) is 36.5 Å². The lowest BCUT2D eigenvalue weighted by atomic mass is 9.93. The van der Waals surface area contributed by atoms with Crippen LogP contribution in [0.4, 0.5) is 0 Å². The van der Waals surface area contributed by atoms with Crippen LogP contribution < -0.4 is 19.5 Å². The van der Waals surface area contributed by atoms with Gasteiger partial charge in [0.15, 0.2) is 0 Å². The second-order valence-electron chi connectivity index (χ2n) is 12.4. The summed E-state index contributed by atoms with van der Waals surface area (Å²) in [4.78, 5) is 17.4. The number of halogens is 1. The lowest BCUT2D eigenvalue weighted by molar-refractivity contribution is -0.136. The molecule has 4 aromatic rings. The van der Waals surface area contributed by atoms with Crippen LogP contribution in [0, 0.1) is 25.2 Å². The van der Waals surface area contributed by atoms with Crippen LogP contribution in [0.2, 0.25) is 5.02 Å². The highest BCUT2D eigenvalue weighted by Gasteiger charge is 2.20. The first-order chi connectivity index (χ1) is 24.2. The molecule has 5 rings (SSSR count). The molecule has 0 radical (unpaired) electrons. The van der Waals surface area contributed by atoms with Crippen LogP contribution in [-0.4, -0.2) is 65.0 Å². The van der Waals surface area contributed by atoms with Gasteiger partial charge < -0.3 is 34.6 Å². The number of aliphatic hydroxyl groups excluding tert-OH is 1. The third-order valence-corrected chi connectivity index (χ3v) is 9.09. The third kappa shape index (κ3) is 9.96. The van der Waals surface area contributed by atoms with E-state index in [0.717, 1.165) is 77.2 Å². The molecule has 1 atom stereocenters. The number of benzene rings is 3. The number of rotatable bonds is 17. The van der Waals surface area contributed by atoms with Crippen LogP contribution in [0.25, 0.3) is 11.1 Å². The number of nitrogens with one attached hydrogen (secondary N) is 1. The number of likely N-dealkylation sites (tertiary alicyclic amines) is 1. The SMILES string of the molecule is Cc1c(COc2cc(OCc3cncc(C#N)c3)c(CNCCC(=O)O)cc2Cl)cccc1-c1cccc(OCCCN2CCC(O)C2)c1C. The minimum absolute atomic E-state index is 0.0156. The molecular weight excluding hydrogens is 656 g/mol. The van der Waals surface area contributed by atoms with Crippen LogP contribution in [0.3, 0.4) is 0 Å². The van der Waals surface area contributed by atoms with Gasteiger partial charge in [-0.3, -0.25) is 9.78 Å². The van der Waals surface area contributed by atoms with Gasteiger partial charge in [0.2, 0.25) is 0 Å². The molecule has 0 bridgehead atoms. The number of nitrogens with zero attached hydrogens (tertiary/aromatic N) is 3. The number of ether oxygens (including phenoxy) is 3. The fraction of sp³-hybridized carbons (Fsp3) is 0.359. The molecule has 1 fully saturated rings. The van der Waals surface area contributed by atoms with E-state index >= 15 is 0 Å². The Balaban J connectivity index is 1.28. The molecule has 50 heavy (non-hydrogen) atoms. The van der Waals surface area contributed by atoms with Gasteiger partial charge in [-0.15, -0.1) is 0 Å². The van der Waals surface area contributed by atoms with E-state index in [1.54, 1.807) is 24.4 Å². The number of pyridine rings is 1. The Morgan fingerprint density at radius 2 is 1.78 bits per heavy atom. The maximum Gasteiger partial charge on any atom is 0.304 e. The molecule has 0 saturated carbocycles. The van der Waals surface area contributed by atoms with E-state index in [4.69, 9.17) is 30.9 Å². The molecule has 0 spiro atoms. The first-order valence-corrected chi connectivity index (χ1v) is 17.2. The molecule has 262 valence electrons. The Labute approximate surface area is 298 Å². The van der Waals surface area contributed by atoms with E-state index in [1.807, 2.05) is 24.3 Å². The van der Waals surface area contributed by atoms with E-state index in [9.17, 15) is 15.2 Å². The number of β-amino-alcohol motifs (C(OH)–C–C–N with tert-alkyl or cyclic N) is 1. The first kappa shape index (κ1) is 36.6. The number of nitriles is 1. The largest absolute Gasteiger partial charge is 0.493 e. The summed E-state index contributed by atoms with van der Waals surface area (Å²) >= 11 is 6.71. The topological polar surface area (TPSA) is 137 Å². The maximum atomic E-state index is 11.0. The Morgan fingerprint density at radius 1 is 1.00 bits per heavy atom. The van der Waals surface area contributed by atoms with E-state index in [0.29, 0.717) is 35.2 Å². The standard InChI is InChI=1S/C39H43ClN4O6/c1-26-30(6-3-7-33(26)34-8-4-9-36(27(34)2)48-15-5-13-44-14-11-32(45)23-44)25-50-38-18-37(49-24-29-16-28(19-41)20-43-21-29)31(17-35(38)40)22-42-12-10-39(46)47/h3-4,6-9,16-18,20-21,32,42,45H,5,10-15,22-25H2,1-2H3,(H,46,47). The summed E-state index contributed by atoms with van der Waals surface area (Å²) in [6.07, 6.45) is 4.64. The van der Waals surface area contributed by atoms with Crippen molar-refractivity contribution in [1.82, 2.24) is 15.2 Å². The predicted molar refractivity (Wildman–Crippen MR) is 192 cm³/mol. The fourth-order valence-corrected chi connectivity index (χ4v) is 6.24. The normalized spacial score (nSPS) is 14.3. The van der Waals surface area contributed by atoms with Crippen molar-refractivity contribution in [3.05, 3.63) is 105 Å². The fourth-order valence-electron chi connectivity index (χ4n) is 6.00. The van der Waals surface area contributed by atoms with Gasteiger partial charge in [0.05, 0.1) is 29.7 Å². The monoisotopic (exact) mass is 698 g/mol. The highest BCUT2D eigenvalue weighted by Crippen LogP contribution is 2.36. The number of carboxylic acids is 1. The lowest BCUT2D eigenvalue weighted by Crippen LogP contribution is -2.24. The number of aliphatic carboxylic acids is 1. The van der Waals surface area contributed by atoms with E-state index in [-0.39, 0.29) is 32.3 Å². The van der Waals surface area contributed by atoms with Gasteiger partial charge in [-0.25, -0.2) is 0 Å². The lowest BCUT2D eigenvalue weighted by Gasteiger charge is -2.19. The van der Waals surface area contributed by atoms with Crippen molar-refractivity contribution < 1.29 is 29.2 Å². The van der Waals surface area contributed by atoms with Crippen molar-refractivity contribution in [2.75, 3.05) is 32.8 Å². The van der Waals surface area contributed by atoms with Crippen LogP contribution in [-0.2, 0) is 24.6 Å². The molecule has 3 aromatic carbocycles. The van der Waals surface area contributed by atoms with Crippen LogP contribution in [0.15, 0.2) is 67.0 Å². The van der Waals surface area contributed by atoms with E-state index < -0.39 is 5.97 Å². The quantitative estimate of drug-likeness (QED) is 0.106. The van der Waals surface area contributed by atoms with Crippen LogP contribution in [0.5, 0.6) is 17.2 Å². The van der Waals surface area contributed by atoms with Gasteiger partial charge in [0.25, 0.3) is 0 Å². The molecule has 10 nitrogen and oxygen atoms in total. The van der Waals surface area contributed by atoms with Crippen LogP contribution >= 0.6 is 11.6 Å². The summed E-state index contributed by atoms with van der Waals surface area (Å²) in [6.45, 7) is 8.41. The van der Waals surface area contributed by atoms with Gasteiger partial charge in [-0.2, -0.15) is 5.26 Å². The summed E-state index contributed by atoms with van der Waals surface area (Å²) in [7, 11) is 0. The van der Waals surface area contributed by atoms with Gasteiger partial charge in [-0.05, 0) is 72.7 Å². The zero-order chi connectivity index (χ0) is 35.5. The predicted octanol–water partition coefficient (Wildman–Crippen LogP) is 6.45. The van der Waals surface area contributed by atoms with Crippen molar-refractivity contribution in [2.24, 2.45) is 0 Å². The van der Waals surface area contributed by atoms with Crippen molar-refractivity contribution in [3.63, 3.8) is 0 Å². The molecule has 0 aliphatic carbocycles. The summed E-state index contributed by atoms with van der Waals surface area (Å²) < 4.78 is 18.7. The molecular formula is C39H43ClN4O6. The molecule has 1 aromatic heterocycles. The first-order valence-electron chi connectivity index (χ1n) is 16.8. The molecule has 1 aliphatic heterocycles. The number of hydrogen-bond donors (Lipinski definition) is 3. The molecule has 11 heteroatoms. The Bertz CT molecular complexity index is 1830.